The second-order valence-corrected chi connectivity index (χ2v) is 15.5. The molecule has 0 radical (unpaired) electrons. The third kappa shape index (κ3) is 36.6. The van der Waals surface area contributed by atoms with Crippen LogP contribution in [0.4, 0.5) is 0 Å². The van der Waals surface area contributed by atoms with E-state index in [1.165, 1.54) is 148 Å². The lowest BCUT2D eigenvalue weighted by atomic mass is 10.0. The van der Waals surface area contributed by atoms with Crippen LogP contribution in [0.15, 0.2) is 0 Å². The number of esters is 2. The van der Waals surface area contributed by atoms with E-state index in [1.807, 2.05) is 0 Å². The standard InChI is InChI=1S/C40H79O8P/c1-4-7-9-11-13-15-17-18-19-20-21-22-23-25-27-29-31-33-35-40(42)48-38(37-47-49(43,44)46-6-3)36-45-39(41)34-32-30-28-26-24-16-14-12-10-8-5-2/h38H,4-37H2,1-3H3,(H,43,44). The van der Waals surface area contributed by atoms with Crippen molar-refractivity contribution in [2.75, 3.05) is 19.8 Å². The summed E-state index contributed by atoms with van der Waals surface area (Å²) in [5.74, 6) is -0.784. The molecule has 0 aromatic carbocycles. The van der Waals surface area contributed by atoms with Crippen LogP contribution in [0.25, 0.3) is 0 Å². The summed E-state index contributed by atoms with van der Waals surface area (Å²) in [7, 11) is -4.27. The summed E-state index contributed by atoms with van der Waals surface area (Å²) in [4.78, 5) is 34.6. The molecule has 2 atom stereocenters. The van der Waals surface area contributed by atoms with Gasteiger partial charge < -0.3 is 14.4 Å². The molecule has 0 rings (SSSR count). The van der Waals surface area contributed by atoms with Crippen LogP contribution < -0.4 is 0 Å². The Labute approximate surface area is 302 Å². The third-order valence-corrected chi connectivity index (χ3v) is 10.2. The van der Waals surface area contributed by atoms with Crippen LogP contribution in [0.2, 0.25) is 0 Å². The smallest absolute Gasteiger partial charge is 0.462 e. The summed E-state index contributed by atoms with van der Waals surface area (Å²) >= 11 is 0. The lowest BCUT2D eigenvalue weighted by Crippen LogP contribution is -2.29. The van der Waals surface area contributed by atoms with Gasteiger partial charge in [-0.3, -0.25) is 18.6 Å². The van der Waals surface area contributed by atoms with Crippen LogP contribution in [0.5, 0.6) is 0 Å². The average Bonchev–Trinajstić information content (AvgIpc) is 3.07. The van der Waals surface area contributed by atoms with Gasteiger partial charge in [-0.05, 0) is 19.8 Å². The normalized spacial score (nSPS) is 13.3. The molecule has 0 saturated carbocycles. The Hall–Kier alpha value is -0.950. The molecule has 0 amide bonds. The lowest BCUT2D eigenvalue weighted by molar-refractivity contribution is -0.161. The fraction of sp³-hybridized carbons (Fsp3) is 0.950. The highest BCUT2D eigenvalue weighted by molar-refractivity contribution is 7.47. The molecule has 9 heteroatoms. The van der Waals surface area contributed by atoms with Crippen molar-refractivity contribution < 1.29 is 37.6 Å². The summed E-state index contributed by atoms with van der Waals surface area (Å²) in [5.41, 5.74) is 0. The Morgan fingerprint density at radius 1 is 0.469 bits per heavy atom. The van der Waals surface area contributed by atoms with Gasteiger partial charge in [0.1, 0.15) is 6.61 Å². The molecule has 0 aliphatic heterocycles. The molecule has 292 valence electrons. The highest BCUT2D eigenvalue weighted by atomic mass is 31.2. The highest BCUT2D eigenvalue weighted by Crippen LogP contribution is 2.43. The number of carbonyl (C=O) groups is 2. The van der Waals surface area contributed by atoms with Crippen LogP contribution in [0.1, 0.15) is 220 Å². The third-order valence-electron chi connectivity index (χ3n) is 9.16. The summed E-state index contributed by atoms with van der Waals surface area (Å²) in [6.45, 7) is 5.50. The minimum absolute atomic E-state index is 0.00549. The fourth-order valence-corrected chi connectivity index (χ4v) is 6.86. The number of unbranched alkanes of at least 4 members (excludes halogenated alkanes) is 27. The van der Waals surface area contributed by atoms with Crippen LogP contribution in [0.3, 0.4) is 0 Å². The Bertz CT molecular complexity index is 777. The first-order valence-electron chi connectivity index (χ1n) is 20.8. The molecule has 0 aliphatic carbocycles. The fourth-order valence-electron chi connectivity index (χ4n) is 6.10. The maximum absolute atomic E-state index is 12.5. The number of rotatable bonds is 39. The van der Waals surface area contributed by atoms with E-state index < -0.39 is 19.9 Å². The molecule has 8 nitrogen and oxygen atoms in total. The molecule has 0 aromatic heterocycles. The van der Waals surface area contributed by atoms with Crippen LogP contribution in [-0.4, -0.2) is 42.8 Å². The van der Waals surface area contributed by atoms with Crippen LogP contribution >= 0.6 is 7.82 Å². The Morgan fingerprint density at radius 2 is 0.796 bits per heavy atom. The first-order valence-corrected chi connectivity index (χ1v) is 22.3. The van der Waals surface area contributed by atoms with E-state index in [1.54, 1.807) is 6.92 Å². The Morgan fingerprint density at radius 3 is 1.14 bits per heavy atom. The first kappa shape index (κ1) is 48.0. The number of phosphoric ester groups is 1. The van der Waals surface area contributed by atoms with E-state index >= 15 is 0 Å². The topological polar surface area (TPSA) is 108 Å². The van der Waals surface area contributed by atoms with Gasteiger partial charge in [-0.25, -0.2) is 4.57 Å². The van der Waals surface area contributed by atoms with Gasteiger partial charge in [0, 0.05) is 12.8 Å². The van der Waals surface area contributed by atoms with Crippen molar-refractivity contribution in [3.8, 4) is 0 Å². The molecule has 0 fully saturated rings. The van der Waals surface area contributed by atoms with E-state index in [-0.39, 0.29) is 32.2 Å². The molecule has 0 aromatic rings. The number of hydrogen-bond donors (Lipinski definition) is 1. The predicted molar refractivity (Wildman–Crippen MR) is 203 cm³/mol. The molecule has 0 aliphatic rings. The Kier molecular flexibility index (Phi) is 36.1. The quantitative estimate of drug-likeness (QED) is 0.0380. The van der Waals surface area contributed by atoms with Crippen LogP contribution in [-0.2, 0) is 32.7 Å². The van der Waals surface area contributed by atoms with Crippen LogP contribution in [0, 0.1) is 0 Å². The maximum atomic E-state index is 12.5. The number of carbonyl (C=O) groups excluding carboxylic acids is 2. The largest absolute Gasteiger partial charge is 0.472 e. The highest BCUT2D eigenvalue weighted by Gasteiger charge is 2.25. The van der Waals surface area contributed by atoms with Gasteiger partial charge in [0.15, 0.2) is 6.10 Å². The SMILES string of the molecule is CCCCCCCCCCCCCCCCCCCCC(=O)OC(COC(=O)CCCCCCCCCCCCC)COP(=O)(O)OCC. The minimum atomic E-state index is -4.27. The zero-order valence-electron chi connectivity index (χ0n) is 32.4. The van der Waals surface area contributed by atoms with E-state index in [0.29, 0.717) is 6.42 Å². The molecule has 0 heterocycles. The molecular formula is C40H79O8P. The van der Waals surface area contributed by atoms with Gasteiger partial charge in [0.05, 0.1) is 13.2 Å². The summed E-state index contributed by atoms with van der Waals surface area (Å²) in [6.07, 6.45) is 35.8. The number of ether oxygens (including phenoxy) is 2. The van der Waals surface area contributed by atoms with E-state index in [0.717, 1.165) is 38.5 Å². The van der Waals surface area contributed by atoms with Gasteiger partial charge >= 0.3 is 19.8 Å². The first-order chi connectivity index (χ1) is 23.8. The van der Waals surface area contributed by atoms with Gasteiger partial charge in [0.2, 0.25) is 0 Å². The van der Waals surface area contributed by atoms with Gasteiger partial charge in [-0.2, -0.15) is 0 Å². The van der Waals surface area contributed by atoms with Crippen molar-refractivity contribution >= 4 is 19.8 Å². The number of phosphoric acid groups is 1. The van der Waals surface area contributed by atoms with Gasteiger partial charge in [-0.1, -0.05) is 187 Å². The van der Waals surface area contributed by atoms with Gasteiger partial charge in [-0.15, -0.1) is 0 Å². The summed E-state index contributed by atoms with van der Waals surface area (Å²) in [6, 6.07) is 0. The number of hydrogen-bond acceptors (Lipinski definition) is 7. The molecule has 0 bridgehead atoms. The molecule has 0 saturated heterocycles. The minimum Gasteiger partial charge on any atom is -0.462 e. The Balaban J connectivity index is 4.02. The van der Waals surface area contributed by atoms with Crippen molar-refractivity contribution in [3.63, 3.8) is 0 Å². The summed E-state index contributed by atoms with van der Waals surface area (Å²) < 4.78 is 32.6. The summed E-state index contributed by atoms with van der Waals surface area (Å²) in [5, 5.41) is 0. The van der Waals surface area contributed by atoms with E-state index in [2.05, 4.69) is 13.8 Å². The van der Waals surface area contributed by atoms with Crippen molar-refractivity contribution in [1.29, 1.82) is 0 Å². The molecule has 49 heavy (non-hydrogen) atoms. The van der Waals surface area contributed by atoms with Crippen molar-refractivity contribution in [1.82, 2.24) is 0 Å². The maximum Gasteiger partial charge on any atom is 0.472 e. The molecule has 2 unspecified atom stereocenters. The second-order valence-electron chi connectivity index (χ2n) is 14.0. The van der Waals surface area contributed by atoms with E-state index in [4.69, 9.17) is 18.5 Å². The van der Waals surface area contributed by atoms with Gasteiger partial charge in [0.25, 0.3) is 0 Å². The zero-order valence-corrected chi connectivity index (χ0v) is 33.3. The monoisotopic (exact) mass is 719 g/mol. The molecular weight excluding hydrogens is 639 g/mol. The zero-order chi connectivity index (χ0) is 36.1. The van der Waals surface area contributed by atoms with Crippen molar-refractivity contribution in [2.45, 2.75) is 226 Å². The van der Waals surface area contributed by atoms with Crippen molar-refractivity contribution in [2.24, 2.45) is 0 Å². The molecule has 1 N–H and O–H groups in total. The average molecular weight is 719 g/mol. The lowest BCUT2D eigenvalue weighted by Gasteiger charge is -2.19. The van der Waals surface area contributed by atoms with Crippen molar-refractivity contribution in [3.05, 3.63) is 0 Å². The van der Waals surface area contributed by atoms with E-state index in [9.17, 15) is 19.0 Å². The second kappa shape index (κ2) is 36.8. The molecule has 0 spiro atoms. The predicted octanol–water partition coefficient (Wildman–Crippen LogP) is 12.7.